The second kappa shape index (κ2) is 5.05. The number of hydrogen-bond acceptors (Lipinski definition) is 1. The molecule has 3 aromatic carbocycles. The monoisotopic (exact) mass is 376 g/mol. The normalized spacial score (nSPS) is 12.4. The van der Waals surface area contributed by atoms with Gasteiger partial charge in [0.15, 0.2) is 0 Å². The van der Waals surface area contributed by atoms with Crippen LogP contribution in [0.1, 0.15) is 11.1 Å². The number of halogens is 1. The van der Waals surface area contributed by atoms with Crippen LogP contribution in [-0.2, 0) is 6.42 Å². The lowest BCUT2D eigenvalue weighted by atomic mass is 9.97. The summed E-state index contributed by atoms with van der Waals surface area (Å²) in [5, 5.41) is 1.35. The Labute approximate surface area is 147 Å². The van der Waals surface area contributed by atoms with E-state index in [9.17, 15) is 0 Å². The van der Waals surface area contributed by atoms with E-state index in [4.69, 9.17) is 0 Å². The van der Waals surface area contributed by atoms with E-state index in [0.29, 0.717) is 0 Å². The molecule has 1 heterocycles. The van der Waals surface area contributed by atoms with Crippen molar-refractivity contribution in [2.75, 3.05) is 0 Å². The fraction of sp³-hybridized carbons (Fsp3) is 0.0476. The first-order chi connectivity index (χ1) is 11.3. The Hall–Kier alpha value is -1.90. The standard InChI is InChI=1S/C21H13BrS/c22-15-9-10-19-18(12-15)20-16-7-3-1-5-13(16)11-14-6-2-4-8-17(14)21(20)23-19/h1-10,12H,11H2. The molecule has 4 aromatic rings. The molecule has 1 aliphatic rings. The fourth-order valence-corrected chi connectivity index (χ4v) is 5.17. The largest absolute Gasteiger partial charge is 0.135 e. The predicted octanol–water partition coefficient (Wildman–Crippen LogP) is 6.90. The van der Waals surface area contributed by atoms with Crippen LogP contribution in [0.15, 0.2) is 71.2 Å². The topological polar surface area (TPSA) is 0 Å². The third-order valence-corrected chi connectivity index (χ3v) is 6.28. The minimum atomic E-state index is 1.00. The van der Waals surface area contributed by atoms with Gasteiger partial charge < -0.3 is 0 Å². The molecule has 0 saturated carbocycles. The van der Waals surface area contributed by atoms with Crippen LogP contribution in [0, 0.1) is 0 Å². The zero-order chi connectivity index (χ0) is 15.4. The van der Waals surface area contributed by atoms with Crippen LogP contribution >= 0.6 is 27.3 Å². The van der Waals surface area contributed by atoms with Gasteiger partial charge in [-0.25, -0.2) is 0 Å². The van der Waals surface area contributed by atoms with Crippen molar-refractivity contribution in [3.63, 3.8) is 0 Å². The Balaban J connectivity index is 1.99. The average molecular weight is 377 g/mol. The summed E-state index contributed by atoms with van der Waals surface area (Å²) in [6.45, 7) is 0. The van der Waals surface area contributed by atoms with Crippen LogP contribution in [0.2, 0.25) is 0 Å². The molecule has 0 amide bonds. The van der Waals surface area contributed by atoms with Crippen molar-refractivity contribution >= 4 is 37.4 Å². The van der Waals surface area contributed by atoms with Crippen molar-refractivity contribution < 1.29 is 0 Å². The van der Waals surface area contributed by atoms with Crippen LogP contribution in [-0.4, -0.2) is 0 Å². The molecular formula is C21H13BrS. The van der Waals surface area contributed by atoms with Gasteiger partial charge in [0.05, 0.1) is 0 Å². The first kappa shape index (κ1) is 13.5. The Morgan fingerprint density at radius 3 is 2.30 bits per heavy atom. The van der Waals surface area contributed by atoms with Crippen molar-refractivity contribution in [2.45, 2.75) is 6.42 Å². The minimum Gasteiger partial charge on any atom is -0.135 e. The molecule has 0 spiro atoms. The molecule has 0 radical (unpaired) electrons. The van der Waals surface area contributed by atoms with Gasteiger partial charge in [0.25, 0.3) is 0 Å². The van der Waals surface area contributed by atoms with Crippen molar-refractivity contribution in [1.29, 1.82) is 0 Å². The van der Waals surface area contributed by atoms with Gasteiger partial charge in [0, 0.05) is 25.0 Å². The van der Waals surface area contributed by atoms with E-state index in [1.807, 2.05) is 11.3 Å². The Bertz CT molecular complexity index is 1060. The summed E-state index contributed by atoms with van der Waals surface area (Å²) in [6.07, 6.45) is 1.00. The van der Waals surface area contributed by atoms with Gasteiger partial charge >= 0.3 is 0 Å². The number of hydrogen-bond donors (Lipinski definition) is 0. The molecule has 110 valence electrons. The first-order valence-electron chi connectivity index (χ1n) is 7.70. The summed E-state index contributed by atoms with van der Waals surface area (Å²) in [4.78, 5) is 1.40. The molecule has 0 atom stereocenters. The SMILES string of the molecule is Brc1ccc2sc3c(c2c1)-c1ccccc1Cc1ccccc1-3. The number of benzene rings is 3. The van der Waals surface area contributed by atoms with Gasteiger partial charge in [-0.15, -0.1) is 11.3 Å². The van der Waals surface area contributed by atoms with E-state index < -0.39 is 0 Å². The lowest BCUT2D eigenvalue weighted by molar-refractivity contribution is 1.21. The Kier molecular flexibility index (Phi) is 2.97. The molecule has 0 N–H and O–H groups in total. The van der Waals surface area contributed by atoms with Gasteiger partial charge in [-0.1, -0.05) is 64.5 Å². The molecule has 0 nitrogen and oxygen atoms in total. The zero-order valence-electron chi connectivity index (χ0n) is 12.3. The summed E-state index contributed by atoms with van der Waals surface area (Å²) >= 11 is 5.55. The van der Waals surface area contributed by atoms with Crippen LogP contribution in [0.3, 0.4) is 0 Å². The van der Waals surface area contributed by atoms with Crippen molar-refractivity contribution in [2.24, 2.45) is 0 Å². The van der Waals surface area contributed by atoms with E-state index in [2.05, 4.69) is 82.7 Å². The maximum absolute atomic E-state index is 3.64. The van der Waals surface area contributed by atoms with E-state index in [0.717, 1.165) is 10.9 Å². The lowest BCUT2D eigenvalue weighted by Gasteiger charge is -2.07. The number of thiophene rings is 1. The van der Waals surface area contributed by atoms with E-state index >= 15 is 0 Å². The molecule has 0 bridgehead atoms. The van der Waals surface area contributed by atoms with Crippen molar-refractivity contribution in [3.8, 4) is 21.6 Å². The predicted molar refractivity (Wildman–Crippen MR) is 103 cm³/mol. The summed E-state index contributed by atoms with van der Waals surface area (Å²) in [5.74, 6) is 0. The quantitative estimate of drug-likeness (QED) is 0.275. The van der Waals surface area contributed by atoms with Crippen molar-refractivity contribution in [1.82, 2.24) is 0 Å². The molecule has 1 aromatic heterocycles. The second-order valence-corrected chi connectivity index (χ2v) is 7.91. The smallest absolute Gasteiger partial charge is 0.0436 e. The van der Waals surface area contributed by atoms with Crippen LogP contribution in [0.5, 0.6) is 0 Å². The highest BCUT2D eigenvalue weighted by Gasteiger charge is 2.23. The van der Waals surface area contributed by atoms with Crippen LogP contribution in [0.4, 0.5) is 0 Å². The molecule has 0 fully saturated rings. The molecule has 5 rings (SSSR count). The first-order valence-corrected chi connectivity index (χ1v) is 9.31. The maximum atomic E-state index is 3.64. The highest BCUT2D eigenvalue weighted by atomic mass is 79.9. The van der Waals surface area contributed by atoms with Crippen molar-refractivity contribution in [3.05, 3.63) is 82.3 Å². The van der Waals surface area contributed by atoms with E-state index in [-0.39, 0.29) is 0 Å². The van der Waals surface area contributed by atoms with E-state index in [1.165, 1.54) is 42.8 Å². The van der Waals surface area contributed by atoms with Gasteiger partial charge in [0.1, 0.15) is 0 Å². The molecule has 2 heteroatoms. The Morgan fingerprint density at radius 1 is 0.783 bits per heavy atom. The highest BCUT2D eigenvalue weighted by Crippen LogP contribution is 2.49. The minimum absolute atomic E-state index is 1.00. The number of fused-ring (bicyclic) bond motifs is 7. The zero-order valence-corrected chi connectivity index (χ0v) is 14.7. The van der Waals surface area contributed by atoms with Gasteiger partial charge in [-0.05, 0) is 46.9 Å². The van der Waals surface area contributed by atoms with Crippen LogP contribution < -0.4 is 0 Å². The average Bonchev–Trinajstić information content (AvgIpc) is 2.87. The molecule has 0 aliphatic heterocycles. The lowest BCUT2D eigenvalue weighted by Crippen LogP contribution is -1.89. The second-order valence-electron chi connectivity index (χ2n) is 5.94. The molecule has 0 unspecified atom stereocenters. The number of rotatable bonds is 0. The third kappa shape index (κ3) is 2.02. The summed E-state index contributed by atoms with van der Waals surface area (Å²) in [5.41, 5.74) is 6.99. The maximum Gasteiger partial charge on any atom is 0.0436 e. The van der Waals surface area contributed by atoms with Gasteiger partial charge in [0.2, 0.25) is 0 Å². The molecule has 1 aliphatic carbocycles. The summed E-state index contributed by atoms with van der Waals surface area (Å²) in [6, 6.07) is 24.3. The fourth-order valence-electron chi connectivity index (χ4n) is 3.55. The summed E-state index contributed by atoms with van der Waals surface area (Å²) < 4.78 is 2.49. The third-order valence-electron chi connectivity index (χ3n) is 4.58. The summed E-state index contributed by atoms with van der Waals surface area (Å²) in [7, 11) is 0. The molecular weight excluding hydrogens is 364 g/mol. The van der Waals surface area contributed by atoms with E-state index in [1.54, 1.807) is 0 Å². The van der Waals surface area contributed by atoms with Crippen LogP contribution in [0.25, 0.3) is 31.7 Å². The molecule has 23 heavy (non-hydrogen) atoms. The van der Waals surface area contributed by atoms with Gasteiger partial charge in [-0.3, -0.25) is 0 Å². The molecule has 0 saturated heterocycles. The van der Waals surface area contributed by atoms with Gasteiger partial charge in [-0.2, -0.15) is 0 Å². The highest BCUT2D eigenvalue weighted by molar-refractivity contribution is 9.10. The Morgan fingerprint density at radius 2 is 1.48 bits per heavy atom.